The summed E-state index contributed by atoms with van der Waals surface area (Å²) in [5.74, 6) is -0.0959. The van der Waals surface area contributed by atoms with Gasteiger partial charge in [-0.15, -0.1) is 24.8 Å². The Labute approximate surface area is 187 Å². The third kappa shape index (κ3) is 7.87. The van der Waals surface area contributed by atoms with Crippen LogP contribution in [0.4, 0.5) is 10.2 Å². The first-order valence-corrected chi connectivity index (χ1v) is 9.30. The monoisotopic (exact) mass is 457 g/mol. The molecule has 2 heterocycles. The van der Waals surface area contributed by atoms with Gasteiger partial charge in [0.1, 0.15) is 11.6 Å². The van der Waals surface area contributed by atoms with E-state index in [0.29, 0.717) is 17.9 Å². The van der Waals surface area contributed by atoms with Gasteiger partial charge in [0.05, 0.1) is 18.1 Å². The first kappa shape index (κ1) is 25.8. The van der Waals surface area contributed by atoms with E-state index in [4.69, 9.17) is 5.21 Å². The number of likely N-dealkylation sites (tertiary alicyclic amines) is 1. The van der Waals surface area contributed by atoms with Crippen molar-refractivity contribution in [3.8, 4) is 0 Å². The van der Waals surface area contributed by atoms with Crippen molar-refractivity contribution in [2.24, 2.45) is 0 Å². The summed E-state index contributed by atoms with van der Waals surface area (Å²) < 4.78 is 13.8. The zero-order valence-electron chi connectivity index (χ0n) is 16.3. The number of nitrogens with one attached hydrogen (secondary N) is 2. The molecule has 164 valence electrons. The number of hydrogen-bond acceptors (Lipinski definition) is 6. The Kier molecular flexibility index (Phi) is 11.3. The molecule has 1 amide bonds. The van der Waals surface area contributed by atoms with E-state index in [2.05, 4.69) is 20.2 Å². The molecule has 0 spiro atoms. The smallest absolute Gasteiger partial charge is 0.267 e. The molecular formula is C20H26Cl2FN5O2. The Morgan fingerprint density at radius 1 is 1.27 bits per heavy atom. The van der Waals surface area contributed by atoms with E-state index in [1.54, 1.807) is 18.5 Å². The normalized spacial score (nSPS) is 16.4. The average molecular weight is 458 g/mol. The molecule has 30 heavy (non-hydrogen) atoms. The third-order valence-electron chi connectivity index (χ3n) is 4.70. The number of carbonyl (C=O) groups is 1. The van der Waals surface area contributed by atoms with Gasteiger partial charge >= 0.3 is 0 Å². The molecule has 1 aliphatic rings. The van der Waals surface area contributed by atoms with Gasteiger partial charge in [-0.2, -0.15) is 0 Å². The zero-order chi connectivity index (χ0) is 19.8. The Hall–Kier alpha value is -2.26. The highest BCUT2D eigenvalue weighted by atomic mass is 35.5. The Bertz CT molecular complexity index is 823. The summed E-state index contributed by atoms with van der Waals surface area (Å²) >= 11 is 0. The van der Waals surface area contributed by atoms with Crippen LogP contribution in [0.3, 0.4) is 0 Å². The van der Waals surface area contributed by atoms with Crippen molar-refractivity contribution in [2.45, 2.75) is 25.3 Å². The number of carbonyl (C=O) groups excluding carboxylic acids is 1. The fraction of sp³-hybridized carbons (Fsp3) is 0.350. The van der Waals surface area contributed by atoms with E-state index in [0.717, 1.165) is 38.0 Å². The predicted molar refractivity (Wildman–Crippen MR) is 119 cm³/mol. The molecule has 1 saturated heterocycles. The van der Waals surface area contributed by atoms with Crippen LogP contribution in [0, 0.1) is 5.82 Å². The standard InChI is InChI=1S/C20H24FN5O2.2ClH/c21-18-6-2-1-4-15(18)9-11-26-10-3-5-17(14-26)24-19-13-22-16(12-23-19)7-8-20(27)25-28;;/h1-2,4,6-8,12-13,17,28H,3,5,9-11,14H2,(H,23,24)(H,25,27);2*1H/b8-7+;;/t17-;;/m1../s1. The lowest BCUT2D eigenvalue weighted by atomic mass is 10.0. The first-order chi connectivity index (χ1) is 13.6. The molecule has 7 nitrogen and oxygen atoms in total. The second-order valence-electron chi connectivity index (χ2n) is 6.76. The SMILES string of the molecule is Cl.Cl.O=C(/C=C/c1cnc(N[C@@H]2CCCN(CCc3ccccc3F)C2)cn1)NO. The predicted octanol–water partition coefficient (Wildman–Crippen LogP) is 3.10. The van der Waals surface area contributed by atoms with Crippen LogP contribution < -0.4 is 10.8 Å². The van der Waals surface area contributed by atoms with E-state index < -0.39 is 5.91 Å². The quantitative estimate of drug-likeness (QED) is 0.336. The molecule has 1 aromatic carbocycles. The summed E-state index contributed by atoms with van der Waals surface area (Å²) in [6.07, 6.45) is 8.62. The van der Waals surface area contributed by atoms with Crippen molar-refractivity contribution < 1.29 is 14.4 Å². The fourth-order valence-corrected chi connectivity index (χ4v) is 3.26. The van der Waals surface area contributed by atoms with E-state index in [1.165, 1.54) is 23.7 Å². The summed E-state index contributed by atoms with van der Waals surface area (Å²) in [4.78, 5) is 21.9. The second kappa shape index (κ2) is 13.1. The topological polar surface area (TPSA) is 90.4 Å². The molecular weight excluding hydrogens is 432 g/mol. The highest BCUT2D eigenvalue weighted by molar-refractivity contribution is 5.90. The maximum atomic E-state index is 13.8. The van der Waals surface area contributed by atoms with Gasteiger partial charge in [-0.1, -0.05) is 18.2 Å². The molecule has 0 bridgehead atoms. The number of hydroxylamine groups is 1. The Morgan fingerprint density at radius 3 is 2.77 bits per heavy atom. The lowest BCUT2D eigenvalue weighted by Crippen LogP contribution is -2.43. The maximum Gasteiger partial charge on any atom is 0.267 e. The van der Waals surface area contributed by atoms with Crippen LogP contribution in [0.5, 0.6) is 0 Å². The lowest BCUT2D eigenvalue weighted by Gasteiger charge is -2.33. The Balaban J connectivity index is 0.00000225. The molecule has 0 saturated carbocycles. The molecule has 2 aromatic rings. The summed E-state index contributed by atoms with van der Waals surface area (Å²) in [5, 5.41) is 11.8. The average Bonchev–Trinajstić information content (AvgIpc) is 2.73. The van der Waals surface area contributed by atoms with Gasteiger partial charge in [-0.3, -0.25) is 15.0 Å². The molecule has 0 aliphatic carbocycles. The number of halogens is 3. The number of benzene rings is 1. The molecule has 1 aliphatic heterocycles. The van der Waals surface area contributed by atoms with E-state index in [9.17, 15) is 9.18 Å². The van der Waals surface area contributed by atoms with E-state index in [1.807, 2.05) is 12.1 Å². The highest BCUT2D eigenvalue weighted by Crippen LogP contribution is 2.16. The molecule has 1 atom stereocenters. The van der Waals surface area contributed by atoms with E-state index in [-0.39, 0.29) is 36.7 Å². The molecule has 3 N–H and O–H groups in total. The molecule has 3 rings (SSSR count). The van der Waals surface area contributed by atoms with Crippen LogP contribution in [0.15, 0.2) is 42.7 Å². The van der Waals surface area contributed by atoms with Crippen LogP contribution in [-0.4, -0.2) is 51.7 Å². The van der Waals surface area contributed by atoms with Gasteiger partial charge in [-0.05, 0) is 43.5 Å². The van der Waals surface area contributed by atoms with Gasteiger partial charge in [0.25, 0.3) is 5.91 Å². The number of nitrogens with zero attached hydrogens (tertiary/aromatic N) is 3. The van der Waals surface area contributed by atoms with Crippen LogP contribution in [-0.2, 0) is 11.2 Å². The van der Waals surface area contributed by atoms with Crippen LogP contribution >= 0.6 is 24.8 Å². The first-order valence-electron chi connectivity index (χ1n) is 9.30. The number of hydrogen-bond donors (Lipinski definition) is 3. The minimum Gasteiger partial charge on any atom is -0.365 e. The van der Waals surface area contributed by atoms with Crippen molar-refractivity contribution in [2.75, 3.05) is 25.0 Å². The Morgan fingerprint density at radius 2 is 2.07 bits per heavy atom. The number of rotatable bonds is 7. The van der Waals surface area contributed by atoms with Gasteiger partial charge in [0.15, 0.2) is 0 Å². The second-order valence-corrected chi connectivity index (χ2v) is 6.76. The minimum absolute atomic E-state index is 0. The molecule has 0 unspecified atom stereocenters. The third-order valence-corrected chi connectivity index (χ3v) is 4.70. The van der Waals surface area contributed by atoms with Crippen molar-refractivity contribution in [1.82, 2.24) is 20.3 Å². The fourth-order valence-electron chi connectivity index (χ4n) is 3.26. The van der Waals surface area contributed by atoms with E-state index >= 15 is 0 Å². The van der Waals surface area contributed by atoms with Crippen LogP contribution in [0.1, 0.15) is 24.1 Å². The highest BCUT2D eigenvalue weighted by Gasteiger charge is 2.20. The molecule has 10 heteroatoms. The largest absolute Gasteiger partial charge is 0.365 e. The molecule has 1 fully saturated rings. The van der Waals surface area contributed by atoms with Crippen molar-refractivity contribution in [1.29, 1.82) is 0 Å². The summed E-state index contributed by atoms with van der Waals surface area (Å²) in [6, 6.07) is 7.18. The van der Waals surface area contributed by atoms with Crippen LogP contribution in [0.25, 0.3) is 6.08 Å². The zero-order valence-corrected chi connectivity index (χ0v) is 18.0. The molecule has 0 radical (unpaired) electrons. The summed E-state index contributed by atoms with van der Waals surface area (Å²) in [5.41, 5.74) is 2.79. The minimum atomic E-state index is -0.623. The van der Waals surface area contributed by atoms with Gasteiger partial charge < -0.3 is 10.2 Å². The van der Waals surface area contributed by atoms with Crippen LogP contribution in [0.2, 0.25) is 0 Å². The maximum absolute atomic E-state index is 13.8. The van der Waals surface area contributed by atoms with Crippen molar-refractivity contribution in [3.63, 3.8) is 0 Å². The van der Waals surface area contributed by atoms with Crippen molar-refractivity contribution >= 4 is 42.6 Å². The van der Waals surface area contributed by atoms with Crippen molar-refractivity contribution in [3.05, 3.63) is 59.8 Å². The summed E-state index contributed by atoms with van der Waals surface area (Å²) in [7, 11) is 0. The number of anilines is 1. The van der Waals surface area contributed by atoms with Gasteiger partial charge in [0.2, 0.25) is 0 Å². The van der Waals surface area contributed by atoms with Gasteiger partial charge in [-0.25, -0.2) is 14.9 Å². The number of piperidine rings is 1. The lowest BCUT2D eigenvalue weighted by molar-refractivity contribution is -0.124. The number of aromatic nitrogens is 2. The number of amides is 1. The summed E-state index contributed by atoms with van der Waals surface area (Å²) in [6.45, 7) is 2.70. The molecule has 1 aromatic heterocycles. The van der Waals surface area contributed by atoms with Gasteiger partial charge in [0, 0.05) is 25.2 Å².